The summed E-state index contributed by atoms with van der Waals surface area (Å²) in [4.78, 5) is 6.08. The Labute approximate surface area is 196 Å². The van der Waals surface area contributed by atoms with Gasteiger partial charge in [0.1, 0.15) is 11.6 Å². The van der Waals surface area contributed by atoms with Crippen LogP contribution in [0.5, 0.6) is 5.75 Å². The van der Waals surface area contributed by atoms with Gasteiger partial charge in [-0.3, -0.25) is 4.99 Å². The molecule has 6 nitrogen and oxygen atoms in total. The van der Waals surface area contributed by atoms with Crippen molar-refractivity contribution in [3.63, 3.8) is 0 Å². The van der Waals surface area contributed by atoms with E-state index in [1.54, 1.807) is 31.3 Å². The first kappa shape index (κ1) is 25.1. The molecule has 170 valence electrons. The van der Waals surface area contributed by atoms with Gasteiger partial charge < -0.3 is 25.0 Å². The zero-order valence-corrected chi connectivity index (χ0v) is 19.4. The van der Waals surface area contributed by atoms with E-state index in [9.17, 15) is 13.2 Å². The van der Waals surface area contributed by atoms with Crippen LogP contribution in [0.2, 0.25) is 0 Å². The largest absolute Gasteiger partial charge is 0.434 e. The molecule has 31 heavy (non-hydrogen) atoms. The minimum atomic E-state index is -2.89. The fourth-order valence-corrected chi connectivity index (χ4v) is 3.17. The summed E-state index contributed by atoms with van der Waals surface area (Å²) >= 11 is 0. The van der Waals surface area contributed by atoms with E-state index in [0.29, 0.717) is 50.1 Å². The number of anilines is 1. The average Bonchev–Trinajstić information content (AvgIpc) is 2.75. The van der Waals surface area contributed by atoms with Crippen molar-refractivity contribution in [2.75, 3.05) is 38.3 Å². The van der Waals surface area contributed by atoms with Crippen LogP contribution in [0.4, 0.5) is 18.9 Å². The van der Waals surface area contributed by atoms with Gasteiger partial charge in [-0.25, -0.2) is 4.39 Å². The molecule has 1 aliphatic rings. The number of halogens is 4. The Balaban J connectivity index is 0.00000341. The maximum Gasteiger partial charge on any atom is 0.387 e. The summed E-state index contributed by atoms with van der Waals surface area (Å²) in [6.07, 6.45) is 0. The maximum atomic E-state index is 14.5. The first-order valence-electron chi connectivity index (χ1n) is 9.65. The van der Waals surface area contributed by atoms with E-state index in [4.69, 9.17) is 4.74 Å². The fraction of sp³-hybridized carbons (Fsp3) is 0.381. The van der Waals surface area contributed by atoms with Gasteiger partial charge in [0, 0.05) is 38.8 Å². The smallest absolute Gasteiger partial charge is 0.387 e. The SMILES string of the molecule is CN=C(NCc1ccc(N2CCOCC2)c(F)c1)NCc1ccccc1OC(F)F.I. The molecule has 0 bridgehead atoms. The normalized spacial score (nSPS) is 14.2. The highest BCUT2D eigenvalue weighted by atomic mass is 127. The van der Waals surface area contributed by atoms with E-state index in [2.05, 4.69) is 20.4 Å². The van der Waals surface area contributed by atoms with Gasteiger partial charge in [0.25, 0.3) is 0 Å². The highest BCUT2D eigenvalue weighted by molar-refractivity contribution is 14.0. The van der Waals surface area contributed by atoms with Crippen LogP contribution in [-0.4, -0.2) is 45.9 Å². The molecule has 1 heterocycles. The summed E-state index contributed by atoms with van der Waals surface area (Å²) in [5.74, 6) is 0.285. The van der Waals surface area contributed by atoms with Gasteiger partial charge >= 0.3 is 6.61 Å². The molecule has 2 aromatic carbocycles. The first-order valence-corrected chi connectivity index (χ1v) is 9.65. The lowest BCUT2D eigenvalue weighted by atomic mass is 10.1. The molecule has 0 unspecified atom stereocenters. The summed E-state index contributed by atoms with van der Waals surface area (Å²) in [7, 11) is 1.60. The van der Waals surface area contributed by atoms with Crippen LogP contribution in [0, 0.1) is 5.82 Å². The number of benzene rings is 2. The van der Waals surface area contributed by atoms with Gasteiger partial charge in [-0.05, 0) is 23.8 Å². The van der Waals surface area contributed by atoms with Crippen LogP contribution in [0.15, 0.2) is 47.5 Å². The second-order valence-corrected chi connectivity index (χ2v) is 6.65. The van der Waals surface area contributed by atoms with Crippen LogP contribution in [0.25, 0.3) is 0 Å². The second kappa shape index (κ2) is 12.6. The first-order chi connectivity index (χ1) is 14.6. The van der Waals surface area contributed by atoms with Crippen molar-refractivity contribution in [1.82, 2.24) is 10.6 Å². The summed E-state index contributed by atoms with van der Waals surface area (Å²) in [6, 6.07) is 11.7. The summed E-state index contributed by atoms with van der Waals surface area (Å²) in [6.45, 7) is 0.233. The standard InChI is InChI=1S/C21H25F3N4O2.HI/c1-25-21(27-14-16-4-2-3-5-19(16)30-20(23)24)26-13-15-6-7-18(17(22)12-15)28-8-10-29-11-9-28;/h2-7,12,20H,8-11,13-14H2,1H3,(H2,25,26,27);1H. The van der Waals surface area contributed by atoms with E-state index in [0.717, 1.165) is 5.56 Å². The quantitative estimate of drug-likeness (QED) is 0.313. The molecule has 0 amide bonds. The number of guanidine groups is 1. The van der Waals surface area contributed by atoms with Crippen LogP contribution in [-0.2, 0) is 17.8 Å². The Hall–Kier alpha value is -2.21. The molecule has 0 aromatic heterocycles. The number of hydrogen-bond donors (Lipinski definition) is 2. The highest BCUT2D eigenvalue weighted by Gasteiger charge is 2.15. The minimum Gasteiger partial charge on any atom is -0.434 e. The third-order valence-corrected chi connectivity index (χ3v) is 4.68. The Morgan fingerprint density at radius 2 is 1.84 bits per heavy atom. The summed E-state index contributed by atoms with van der Waals surface area (Å²) in [5.41, 5.74) is 1.90. The molecule has 2 N–H and O–H groups in total. The molecule has 2 aromatic rings. The monoisotopic (exact) mass is 550 g/mol. The molecular formula is C21H26F3IN4O2. The minimum absolute atomic E-state index is 0. The van der Waals surface area contributed by atoms with E-state index in [-0.39, 0.29) is 42.1 Å². The molecule has 0 aliphatic carbocycles. The zero-order valence-electron chi connectivity index (χ0n) is 17.1. The van der Waals surface area contributed by atoms with Crippen LogP contribution >= 0.6 is 24.0 Å². The number of nitrogens with zero attached hydrogens (tertiary/aromatic N) is 2. The van der Waals surface area contributed by atoms with Crippen molar-refractivity contribution in [2.24, 2.45) is 4.99 Å². The second-order valence-electron chi connectivity index (χ2n) is 6.65. The van der Waals surface area contributed by atoms with Crippen molar-refractivity contribution in [1.29, 1.82) is 0 Å². The van der Waals surface area contributed by atoms with Crippen molar-refractivity contribution in [3.05, 3.63) is 59.4 Å². The van der Waals surface area contributed by atoms with Crippen molar-refractivity contribution in [2.45, 2.75) is 19.7 Å². The van der Waals surface area contributed by atoms with Crippen LogP contribution in [0.1, 0.15) is 11.1 Å². The number of aliphatic imine (C=N–C) groups is 1. The number of nitrogens with one attached hydrogen (secondary N) is 2. The van der Waals surface area contributed by atoms with Gasteiger partial charge in [0.2, 0.25) is 0 Å². The van der Waals surface area contributed by atoms with E-state index in [1.807, 2.05) is 11.0 Å². The van der Waals surface area contributed by atoms with Crippen molar-refractivity contribution < 1.29 is 22.6 Å². The number of morpholine rings is 1. The number of hydrogen-bond acceptors (Lipinski definition) is 4. The van der Waals surface area contributed by atoms with Gasteiger partial charge in [0.05, 0.1) is 18.9 Å². The Bertz CT molecular complexity index is 864. The molecule has 0 spiro atoms. The van der Waals surface area contributed by atoms with Crippen molar-refractivity contribution in [3.8, 4) is 5.75 Å². The van der Waals surface area contributed by atoms with E-state index in [1.165, 1.54) is 12.1 Å². The third-order valence-electron chi connectivity index (χ3n) is 4.68. The zero-order chi connectivity index (χ0) is 21.3. The predicted molar refractivity (Wildman–Crippen MR) is 125 cm³/mol. The number of alkyl halides is 2. The molecular weight excluding hydrogens is 524 g/mol. The van der Waals surface area contributed by atoms with Gasteiger partial charge in [-0.2, -0.15) is 8.78 Å². The Kier molecular flexibility index (Phi) is 10.2. The molecule has 1 fully saturated rings. The molecule has 1 aliphatic heterocycles. The molecule has 0 atom stereocenters. The van der Waals surface area contributed by atoms with Crippen LogP contribution < -0.4 is 20.3 Å². The van der Waals surface area contributed by atoms with E-state index < -0.39 is 6.61 Å². The maximum absolute atomic E-state index is 14.5. The average molecular weight is 550 g/mol. The van der Waals surface area contributed by atoms with Gasteiger partial charge in [-0.1, -0.05) is 24.3 Å². The Morgan fingerprint density at radius 3 is 2.52 bits per heavy atom. The topological polar surface area (TPSA) is 58.1 Å². The van der Waals surface area contributed by atoms with Crippen molar-refractivity contribution >= 4 is 35.6 Å². The lowest BCUT2D eigenvalue weighted by Crippen LogP contribution is -2.37. The molecule has 0 radical (unpaired) electrons. The summed E-state index contributed by atoms with van der Waals surface area (Å²) < 4.78 is 49.4. The van der Waals surface area contributed by atoms with E-state index >= 15 is 0 Å². The molecule has 1 saturated heterocycles. The number of para-hydroxylation sites is 1. The lowest BCUT2D eigenvalue weighted by molar-refractivity contribution is -0.0504. The van der Waals surface area contributed by atoms with Crippen LogP contribution in [0.3, 0.4) is 0 Å². The third kappa shape index (κ3) is 7.46. The molecule has 0 saturated carbocycles. The van der Waals surface area contributed by atoms with Gasteiger partial charge in [-0.15, -0.1) is 24.0 Å². The summed E-state index contributed by atoms with van der Waals surface area (Å²) in [5, 5.41) is 6.14. The lowest BCUT2D eigenvalue weighted by Gasteiger charge is -2.29. The number of rotatable bonds is 7. The Morgan fingerprint density at radius 1 is 1.13 bits per heavy atom. The highest BCUT2D eigenvalue weighted by Crippen LogP contribution is 2.22. The fourth-order valence-electron chi connectivity index (χ4n) is 3.17. The van der Waals surface area contributed by atoms with Gasteiger partial charge in [0.15, 0.2) is 5.96 Å². The molecule has 3 rings (SSSR count). The predicted octanol–water partition coefficient (Wildman–Crippen LogP) is 3.75. The number of ether oxygens (including phenoxy) is 2. The molecule has 10 heteroatoms.